The van der Waals surface area contributed by atoms with Gasteiger partial charge in [-0.2, -0.15) is 0 Å². The van der Waals surface area contributed by atoms with Crippen LogP contribution in [-0.4, -0.2) is 12.0 Å². The number of ether oxygens (including phenoxy) is 1. The van der Waals surface area contributed by atoms with Crippen molar-refractivity contribution in [2.24, 2.45) is 0 Å². The van der Waals surface area contributed by atoms with E-state index < -0.39 is 6.10 Å². The fraction of sp³-hybridized carbons (Fsp3) is 0.316. The lowest BCUT2D eigenvalue weighted by atomic mass is 10.1. The van der Waals surface area contributed by atoms with E-state index in [1.165, 1.54) is 5.56 Å². The van der Waals surface area contributed by atoms with Crippen LogP contribution in [-0.2, 0) is 4.79 Å². The highest BCUT2D eigenvalue weighted by atomic mass is 16.5. The zero-order chi connectivity index (χ0) is 16.1. The van der Waals surface area contributed by atoms with Gasteiger partial charge < -0.3 is 10.1 Å². The first-order valence-electron chi connectivity index (χ1n) is 7.61. The molecule has 0 aliphatic heterocycles. The smallest absolute Gasteiger partial charge is 0.265 e. The van der Waals surface area contributed by atoms with Gasteiger partial charge in [0.05, 0.1) is 0 Å². The number of hydrogen-bond acceptors (Lipinski definition) is 2. The summed E-state index contributed by atoms with van der Waals surface area (Å²) in [5.74, 6) is 0.638. The van der Waals surface area contributed by atoms with Crippen molar-refractivity contribution < 1.29 is 9.53 Å². The van der Waals surface area contributed by atoms with Gasteiger partial charge in [0.2, 0.25) is 0 Å². The summed E-state index contributed by atoms with van der Waals surface area (Å²) in [6, 6.07) is 13.6. The number of nitrogens with one attached hydrogen (secondary N) is 1. The summed E-state index contributed by atoms with van der Waals surface area (Å²) in [5.41, 5.74) is 4.20. The Bertz CT molecular complexity index is 664. The monoisotopic (exact) mass is 297 g/mol. The van der Waals surface area contributed by atoms with Gasteiger partial charge in [-0.1, -0.05) is 31.2 Å². The molecule has 0 bridgehead atoms. The molecule has 0 unspecified atom stereocenters. The highest BCUT2D eigenvalue weighted by Gasteiger charge is 2.19. The van der Waals surface area contributed by atoms with Crippen molar-refractivity contribution in [1.29, 1.82) is 0 Å². The first kappa shape index (κ1) is 16.1. The summed E-state index contributed by atoms with van der Waals surface area (Å²) < 4.78 is 5.87. The minimum absolute atomic E-state index is 0.117. The Morgan fingerprint density at radius 2 is 1.77 bits per heavy atom. The van der Waals surface area contributed by atoms with Crippen LogP contribution in [0.25, 0.3) is 0 Å². The third-order valence-electron chi connectivity index (χ3n) is 3.80. The van der Waals surface area contributed by atoms with Crippen LogP contribution >= 0.6 is 0 Å². The first-order valence-corrected chi connectivity index (χ1v) is 7.61. The van der Waals surface area contributed by atoms with Gasteiger partial charge in [-0.3, -0.25) is 4.79 Å². The molecular formula is C19H23NO2. The number of para-hydroxylation sites is 1. The van der Waals surface area contributed by atoms with E-state index in [1.807, 2.05) is 63.2 Å². The number of rotatable bonds is 5. The van der Waals surface area contributed by atoms with E-state index in [-0.39, 0.29) is 5.91 Å². The molecule has 1 N–H and O–H groups in total. The molecular weight excluding hydrogens is 274 g/mol. The van der Waals surface area contributed by atoms with E-state index in [2.05, 4.69) is 12.2 Å². The van der Waals surface area contributed by atoms with E-state index >= 15 is 0 Å². The van der Waals surface area contributed by atoms with Crippen LogP contribution in [0.15, 0.2) is 42.5 Å². The molecule has 116 valence electrons. The van der Waals surface area contributed by atoms with E-state index in [4.69, 9.17) is 4.74 Å². The summed E-state index contributed by atoms with van der Waals surface area (Å²) in [7, 11) is 0. The largest absolute Gasteiger partial charge is 0.480 e. The highest BCUT2D eigenvalue weighted by molar-refractivity contribution is 5.94. The predicted molar refractivity (Wildman–Crippen MR) is 90.4 cm³/mol. The minimum atomic E-state index is -0.497. The molecule has 0 aromatic heterocycles. The molecule has 3 heteroatoms. The van der Waals surface area contributed by atoms with Gasteiger partial charge in [0.1, 0.15) is 5.75 Å². The number of carbonyl (C=O) groups excluding carboxylic acids is 1. The van der Waals surface area contributed by atoms with Gasteiger partial charge in [-0.25, -0.2) is 0 Å². The lowest BCUT2D eigenvalue weighted by Crippen LogP contribution is -2.32. The van der Waals surface area contributed by atoms with Crippen LogP contribution < -0.4 is 10.1 Å². The van der Waals surface area contributed by atoms with Gasteiger partial charge in [0, 0.05) is 5.69 Å². The average molecular weight is 297 g/mol. The number of carbonyl (C=O) groups is 1. The molecule has 2 aromatic carbocycles. The molecule has 0 radical (unpaired) electrons. The van der Waals surface area contributed by atoms with E-state index in [9.17, 15) is 4.79 Å². The molecule has 0 spiro atoms. The van der Waals surface area contributed by atoms with Crippen LogP contribution in [0.3, 0.4) is 0 Å². The SMILES string of the molecule is CC[C@H](Oc1ccccc1C)C(=O)Nc1ccc(C)c(C)c1. The Labute approximate surface area is 132 Å². The number of benzene rings is 2. The minimum Gasteiger partial charge on any atom is -0.480 e. The highest BCUT2D eigenvalue weighted by Crippen LogP contribution is 2.20. The van der Waals surface area contributed by atoms with Crippen LogP contribution in [0.4, 0.5) is 5.69 Å². The lowest BCUT2D eigenvalue weighted by molar-refractivity contribution is -0.122. The van der Waals surface area contributed by atoms with Gasteiger partial charge >= 0.3 is 0 Å². The van der Waals surface area contributed by atoms with E-state index in [1.54, 1.807) is 0 Å². The Hall–Kier alpha value is -2.29. The molecule has 2 rings (SSSR count). The Kier molecular flexibility index (Phi) is 5.21. The third kappa shape index (κ3) is 3.88. The first-order chi connectivity index (χ1) is 10.5. The maximum absolute atomic E-state index is 12.4. The molecule has 1 amide bonds. The number of hydrogen-bond donors (Lipinski definition) is 1. The summed E-state index contributed by atoms with van der Waals surface area (Å²) >= 11 is 0. The molecule has 3 nitrogen and oxygen atoms in total. The van der Waals surface area contributed by atoms with Crippen molar-refractivity contribution in [1.82, 2.24) is 0 Å². The van der Waals surface area contributed by atoms with Crippen molar-refractivity contribution in [3.8, 4) is 5.75 Å². The van der Waals surface area contributed by atoms with Crippen LogP contribution in [0.5, 0.6) is 5.75 Å². The van der Waals surface area contributed by atoms with Gasteiger partial charge in [-0.15, -0.1) is 0 Å². The van der Waals surface area contributed by atoms with Crippen molar-refractivity contribution >= 4 is 11.6 Å². The molecule has 0 aliphatic rings. The molecule has 0 saturated carbocycles. The van der Waals surface area contributed by atoms with E-state index in [0.717, 1.165) is 22.6 Å². The number of anilines is 1. The van der Waals surface area contributed by atoms with Crippen LogP contribution in [0.2, 0.25) is 0 Å². The maximum atomic E-state index is 12.4. The van der Waals surface area contributed by atoms with Gasteiger partial charge in [0.25, 0.3) is 5.91 Å². The van der Waals surface area contributed by atoms with Crippen LogP contribution in [0.1, 0.15) is 30.0 Å². The molecule has 2 aromatic rings. The second-order valence-electron chi connectivity index (χ2n) is 5.57. The fourth-order valence-corrected chi connectivity index (χ4v) is 2.21. The van der Waals surface area contributed by atoms with Crippen LogP contribution in [0, 0.1) is 20.8 Å². The van der Waals surface area contributed by atoms with Crippen molar-refractivity contribution in [2.45, 2.75) is 40.2 Å². The Morgan fingerprint density at radius 3 is 2.41 bits per heavy atom. The second-order valence-corrected chi connectivity index (χ2v) is 5.57. The van der Waals surface area contributed by atoms with Crippen molar-refractivity contribution in [2.75, 3.05) is 5.32 Å². The predicted octanol–water partition coefficient (Wildman–Crippen LogP) is 4.41. The van der Waals surface area contributed by atoms with E-state index in [0.29, 0.717) is 6.42 Å². The van der Waals surface area contributed by atoms with Gasteiger partial charge in [0.15, 0.2) is 6.10 Å². The quantitative estimate of drug-likeness (QED) is 0.888. The standard InChI is InChI=1S/C19H23NO2/c1-5-17(22-18-9-7-6-8-14(18)3)19(21)20-16-11-10-13(2)15(4)12-16/h6-12,17H,5H2,1-4H3,(H,20,21)/t17-/m0/s1. The maximum Gasteiger partial charge on any atom is 0.265 e. The molecule has 22 heavy (non-hydrogen) atoms. The Morgan fingerprint density at radius 1 is 1.05 bits per heavy atom. The summed E-state index contributed by atoms with van der Waals surface area (Å²) in [4.78, 5) is 12.4. The summed E-state index contributed by atoms with van der Waals surface area (Å²) in [6.45, 7) is 8.01. The molecule has 1 atom stereocenters. The number of aryl methyl sites for hydroxylation is 3. The summed E-state index contributed by atoms with van der Waals surface area (Å²) in [6.07, 6.45) is 0.119. The average Bonchev–Trinajstić information content (AvgIpc) is 2.50. The zero-order valence-electron chi connectivity index (χ0n) is 13.6. The zero-order valence-corrected chi connectivity index (χ0v) is 13.6. The summed E-state index contributed by atoms with van der Waals surface area (Å²) in [5, 5.41) is 2.94. The topological polar surface area (TPSA) is 38.3 Å². The van der Waals surface area contributed by atoms with Crippen molar-refractivity contribution in [3.63, 3.8) is 0 Å². The Balaban J connectivity index is 2.08. The second kappa shape index (κ2) is 7.12. The molecule has 0 saturated heterocycles. The third-order valence-corrected chi connectivity index (χ3v) is 3.80. The molecule has 0 fully saturated rings. The normalized spacial score (nSPS) is 11.8. The van der Waals surface area contributed by atoms with Crippen molar-refractivity contribution in [3.05, 3.63) is 59.2 Å². The lowest BCUT2D eigenvalue weighted by Gasteiger charge is -2.19. The van der Waals surface area contributed by atoms with Gasteiger partial charge in [-0.05, 0) is 62.1 Å². The number of amides is 1. The molecule has 0 heterocycles. The molecule has 0 aliphatic carbocycles. The fourth-order valence-electron chi connectivity index (χ4n) is 2.21.